The van der Waals surface area contributed by atoms with E-state index in [1.807, 2.05) is 0 Å². The van der Waals surface area contributed by atoms with Crippen LogP contribution in [-0.4, -0.2) is 28.2 Å². The molecule has 0 bridgehead atoms. The molecule has 0 fully saturated rings. The molecular formula is C8H11N5O2S. The SMILES string of the molecule is Cc1cn[nH]c1NS(=O)(=O)c1cn(C)cn1. The lowest BCUT2D eigenvalue weighted by molar-refractivity contribution is 0.598. The molecule has 0 saturated carbocycles. The molecule has 2 heterocycles. The van der Waals surface area contributed by atoms with Gasteiger partial charge in [0.15, 0.2) is 5.03 Å². The van der Waals surface area contributed by atoms with E-state index in [1.54, 1.807) is 18.5 Å². The smallest absolute Gasteiger partial charge is 0.282 e. The molecule has 16 heavy (non-hydrogen) atoms. The van der Waals surface area contributed by atoms with Crippen molar-refractivity contribution in [2.45, 2.75) is 11.9 Å². The van der Waals surface area contributed by atoms with E-state index >= 15 is 0 Å². The van der Waals surface area contributed by atoms with Gasteiger partial charge in [0.2, 0.25) is 0 Å². The van der Waals surface area contributed by atoms with Gasteiger partial charge in [-0.1, -0.05) is 0 Å². The number of nitrogens with one attached hydrogen (secondary N) is 2. The standard InChI is InChI=1S/C8H11N5O2S/c1-6-3-10-11-8(6)12-16(14,15)7-4-13(2)5-9-7/h3-5H,1-2H3,(H2,10,11,12). The third-order valence-corrected chi connectivity index (χ3v) is 3.26. The zero-order valence-electron chi connectivity index (χ0n) is 8.80. The van der Waals surface area contributed by atoms with E-state index in [0.29, 0.717) is 5.82 Å². The molecule has 0 atom stereocenters. The molecule has 0 saturated heterocycles. The summed E-state index contributed by atoms with van der Waals surface area (Å²) in [4.78, 5) is 3.78. The number of hydrogen-bond acceptors (Lipinski definition) is 4. The van der Waals surface area contributed by atoms with Gasteiger partial charge in [0, 0.05) is 18.8 Å². The molecule has 86 valence electrons. The van der Waals surface area contributed by atoms with Crippen molar-refractivity contribution >= 4 is 15.8 Å². The minimum Gasteiger partial charge on any atom is -0.339 e. The number of sulfonamides is 1. The maximum absolute atomic E-state index is 11.8. The Kier molecular flexibility index (Phi) is 2.43. The third kappa shape index (κ3) is 1.91. The van der Waals surface area contributed by atoms with Crippen molar-refractivity contribution in [3.05, 3.63) is 24.3 Å². The number of nitrogens with zero attached hydrogens (tertiary/aromatic N) is 3. The molecule has 2 aromatic rings. The second kappa shape index (κ2) is 3.63. The van der Waals surface area contributed by atoms with Crippen LogP contribution in [0.4, 0.5) is 5.82 Å². The number of anilines is 1. The van der Waals surface area contributed by atoms with Crippen LogP contribution < -0.4 is 4.72 Å². The summed E-state index contributed by atoms with van der Waals surface area (Å²) in [5.74, 6) is 0.352. The Morgan fingerprint density at radius 1 is 1.50 bits per heavy atom. The quantitative estimate of drug-likeness (QED) is 0.805. The van der Waals surface area contributed by atoms with Crippen LogP contribution in [0.1, 0.15) is 5.56 Å². The van der Waals surface area contributed by atoms with Gasteiger partial charge < -0.3 is 4.57 Å². The number of imidazole rings is 1. The van der Waals surface area contributed by atoms with Crippen molar-refractivity contribution in [2.24, 2.45) is 7.05 Å². The molecule has 0 radical (unpaired) electrons. The van der Waals surface area contributed by atoms with Gasteiger partial charge >= 0.3 is 0 Å². The van der Waals surface area contributed by atoms with Crippen LogP contribution in [0, 0.1) is 6.92 Å². The van der Waals surface area contributed by atoms with Gasteiger partial charge in [-0.3, -0.25) is 9.82 Å². The van der Waals surface area contributed by atoms with Gasteiger partial charge in [0.1, 0.15) is 5.82 Å². The lowest BCUT2D eigenvalue weighted by atomic mass is 10.4. The molecule has 0 spiro atoms. The Morgan fingerprint density at radius 2 is 2.25 bits per heavy atom. The van der Waals surface area contributed by atoms with Crippen molar-refractivity contribution in [2.75, 3.05) is 4.72 Å². The first-order chi connectivity index (χ1) is 7.49. The van der Waals surface area contributed by atoms with Gasteiger partial charge in [-0.05, 0) is 6.92 Å². The molecule has 2 rings (SSSR count). The summed E-state index contributed by atoms with van der Waals surface area (Å²) in [5.41, 5.74) is 0.722. The lowest BCUT2D eigenvalue weighted by Crippen LogP contribution is -2.14. The maximum Gasteiger partial charge on any atom is 0.282 e. The summed E-state index contributed by atoms with van der Waals surface area (Å²) in [6.07, 6.45) is 4.39. The summed E-state index contributed by atoms with van der Waals surface area (Å²) < 4.78 is 27.6. The first-order valence-corrected chi connectivity index (χ1v) is 5.98. The highest BCUT2D eigenvalue weighted by atomic mass is 32.2. The Morgan fingerprint density at radius 3 is 2.75 bits per heavy atom. The second-order valence-electron chi connectivity index (χ2n) is 3.41. The van der Waals surface area contributed by atoms with Crippen molar-refractivity contribution < 1.29 is 8.42 Å². The Labute approximate surface area is 92.6 Å². The minimum atomic E-state index is -3.64. The predicted octanol–water partition coefficient (Wildman–Crippen LogP) is 0.252. The van der Waals surface area contributed by atoms with Crippen LogP contribution in [0.25, 0.3) is 0 Å². The monoisotopic (exact) mass is 241 g/mol. The highest BCUT2D eigenvalue weighted by molar-refractivity contribution is 7.92. The molecular weight excluding hydrogens is 230 g/mol. The van der Waals surface area contributed by atoms with Crippen molar-refractivity contribution in [1.29, 1.82) is 0 Å². The first kappa shape index (κ1) is 10.7. The molecule has 0 aromatic carbocycles. The van der Waals surface area contributed by atoms with Crippen molar-refractivity contribution in [1.82, 2.24) is 19.7 Å². The Balaban J connectivity index is 2.31. The minimum absolute atomic E-state index is 0.0241. The normalized spacial score (nSPS) is 11.6. The zero-order chi connectivity index (χ0) is 11.8. The van der Waals surface area contributed by atoms with E-state index in [1.165, 1.54) is 18.7 Å². The molecule has 2 N–H and O–H groups in total. The number of aryl methyl sites for hydroxylation is 2. The van der Waals surface area contributed by atoms with Crippen LogP contribution in [0.2, 0.25) is 0 Å². The number of hydrogen-bond donors (Lipinski definition) is 2. The van der Waals surface area contributed by atoms with Gasteiger partial charge in [0.25, 0.3) is 10.0 Å². The van der Waals surface area contributed by atoms with Crippen LogP contribution in [0.3, 0.4) is 0 Å². The first-order valence-electron chi connectivity index (χ1n) is 4.50. The van der Waals surface area contributed by atoms with Crippen molar-refractivity contribution in [3.63, 3.8) is 0 Å². The van der Waals surface area contributed by atoms with E-state index in [0.717, 1.165) is 5.56 Å². The van der Waals surface area contributed by atoms with Crippen LogP contribution >= 0.6 is 0 Å². The number of aromatic amines is 1. The van der Waals surface area contributed by atoms with E-state index in [9.17, 15) is 8.42 Å². The molecule has 0 aliphatic carbocycles. The molecule has 0 amide bonds. The van der Waals surface area contributed by atoms with E-state index in [-0.39, 0.29) is 5.03 Å². The maximum atomic E-state index is 11.8. The Bertz CT molecular complexity index is 597. The van der Waals surface area contributed by atoms with Crippen LogP contribution in [-0.2, 0) is 17.1 Å². The molecule has 7 nitrogen and oxygen atoms in total. The zero-order valence-corrected chi connectivity index (χ0v) is 9.61. The lowest BCUT2D eigenvalue weighted by Gasteiger charge is -2.03. The van der Waals surface area contributed by atoms with Crippen LogP contribution in [0.5, 0.6) is 0 Å². The summed E-state index contributed by atoms with van der Waals surface area (Å²) in [6.45, 7) is 1.75. The van der Waals surface area contributed by atoms with Gasteiger partial charge in [0.05, 0.1) is 12.5 Å². The topological polar surface area (TPSA) is 92.7 Å². The summed E-state index contributed by atoms with van der Waals surface area (Å²) in [5, 5.41) is 6.27. The van der Waals surface area contributed by atoms with E-state index in [2.05, 4.69) is 19.9 Å². The van der Waals surface area contributed by atoms with Gasteiger partial charge in [-0.15, -0.1) is 0 Å². The van der Waals surface area contributed by atoms with Crippen LogP contribution in [0.15, 0.2) is 23.7 Å². The largest absolute Gasteiger partial charge is 0.339 e. The van der Waals surface area contributed by atoms with E-state index in [4.69, 9.17) is 0 Å². The average molecular weight is 241 g/mol. The number of H-pyrrole nitrogens is 1. The summed E-state index contributed by atoms with van der Waals surface area (Å²) in [6, 6.07) is 0. The summed E-state index contributed by atoms with van der Waals surface area (Å²) in [7, 11) is -1.94. The highest BCUT2D eigenvalue weighted by Crippen LogP contribution is 2.14. The average Bonchev–Trinajstić information content (AvgIpc) is 2.77. The fourth-order valence-corrected chi connectivity index (χ4v) is 2.23. The number of rotatable bonds is 3. The molecule has 0 aliphatic heterocycles. The predicted molar refractivity (Wildman–Crippen MR) is 57.3 cm³/mol. The molecule has 2 aromatic heterocycles. The fourth-order valence-electron chi connectivity index (χ4n) is 1.16. The van der Waals surface area contributed by atoms with Gasteiger partial charge in [-0.25, -0.2) is 4.98 Å². The molecule has 0 unspecified atom stereocenters. The number of aromatic nitrogens is 4. The fraction of sp³-hybridized carbons (Fsp3) is 0.250. The highest BCUT2D eigenvalue weighted by Gasteiger charge is 2.18. The Hall–Kier alpha value is -1.83. The molecule has 8 heteroatoms. The summed E-state index contributed by atoms with van der Waals surface area (Å²) >= 11 is 0. The second-order valence-corrected chi connectivity index (χ2v) is 5.04. The third-order valence-electron chi connectivity index (χ3n) is 2.02. The van der Waals surface area contributed by atoms with Gasteiger partial charge in [-0.2, -0.15) is 13.5 Å². The van der Waals surface area contributed by atoms with E-state index < -0.39 is 10.0 Å². The van der Waals surface area contributed by atoms with Crippen molar-refractivity contribution in [3.8, 4) is 0 Å². The molecule has 0 aliphatic rings.